The Morgan fingerprint density at radius 3 is 2.67 bits per heavy atom. The summed E-state index contributed by atoms with van der Waals surface area (Å²) in [6.07, 6.45) is 1.17. The third kappa shape index (κ3) is 2.56. The molecule has 0 saturated carbocycles. The van der Waals surface area contributed by atoms with Crippen molar-refractivity contribution in [1.29, 1.82) is 0 Å². The van der Waals surface area contributed by atoms with E-state index in [-0.39, 0.29) is 0 Å². The lowest BCUT2D eigenvalue weighted by atomic mass is 10.2. The van der Waals surface area contributed by atoms with Gasteiger partial charge in [-0.2, -0.15) is 0 Å². The summed E-state index contributed by atoms with van der Waals surface area (Å²) < 4.78 is 0. The number of carboxylic acids is 1. The van der Waals surface area contributed by atoms with E-state index in [1.165, 1.54) is 6.20 Å². The summed E-state index contributed by atoms with van der Waals surface area (Å²) in [6.45, 7) is -0.618. The second-order valence-corrected chi connectivity index (χ2v) is 2.64. The molecule has 0 radical (unpaired) electrons. The molecule has 80 valence electrons. The van der Waals surface area contributed by atoms with Crippen molar-refractivity contribution in [3.8, 4) is 5.75 Å². The van der Waals surface area contributed by atoms with Gasteiger partial charge in [-0.1, -0.05) is 0 Å². The smallest absolute Gasteiger partial charge is 0.322 e. The molecule has 0 aromatic carbocycles. The van der Waals surface area contributed by atoms with Gasteiger partial charge in [0.25, 0.3) is 11.5 Å². The number of hydrogen-bond acceptors (Lipinski definition) is 4. The molecule has 1 heterocycles. The van der Waals surface area contributed by atoms with Gasteiger partial charge in [0.1, 0.15) is 17.9 Å². The van der Waals surface area contributed by atoms with Crippen molar-refractivity contribution >= 4 is 11.9 Å². The second-order valence-electron chi connectivity index (χ2n) is 2.64. The molecule has 0 saturated heterocycles. The van der Waals surface area contributed by atoms with Crippen LogP contribution in [-0.2, 0) is 4.79 Å². The number of pyridine rings is 1. The molecule has 0 aliphatic rings. The normalized spacial score (nSPS) is 9.60. The van der Waals surface area contributed by atoms with Crippen LogP contribution in [0.25, 0.3) is 0 Å². The summed E-state index contributed by atoms with van der Waals surface area (Å²) in [5.74, 6) is -2.67. The van der Waals surface area contributed by atoms with E-state index in [2.05, 4.69) is 4.98 Å². The average molecular weight is 212 g/mol. The van der Waals surface area contributed by atoms with Gasteiger partial charge < -0.3 is 20.5 Å². The van der Waals surface area contributed by atoms with Crippen molar-refractivity contribution in [2.45, 2.75) is 0 Å². The largest absolute Gasteiger partial charge is 0.507 e. The quantitative estimate of drug-likeness (QED) is 0.506. The molecule has 1 amide bonds. The van der Waals surface area contributed by atoms with Crippen LogP contribution in [0.15, 0.2) is 17.1 Å². The molecule has 0 unspecified atom stereocenters. The van der Waals surface area contributed by atoms with E-state index in [4.69, 9.17) is 5.11 Å². The van der Waals surface area contributed by atoms with Gasteiger partial charge in [0.2, 0.25) is 0 Å². The highest BCUT2D eigenvalue weighted by atomic mass is 16.4. The van der Waals surface area contributed by atoms with Crippen molar-refractivity contribution in [3.05, 3.63) is 28.2 Å². The van der Waals surface area contributed by atoms with Crippen molar-refractivity contribution in [3.63, 3.8) is 0 Å². The minimum atomic E-state index is -1.24. The third-order valence-corrected chi connectivity index (χ3v) is 1.57. The molecule has 15 heavy (non-hydrogen) atoms. The molecule has 4 N–H and O–H groups in total. The van der Waals surface area contributed by atoms with E-state index in [9.17, 15) is 19.5 Å². The van der Waals surface area contributed by atoms with Gasteiger partial charge >= 0.3 is 5.97 Å². The van der Waals surface area contributed by atoms with E-state index >= 15 is 0 Å². The molecule has 0 spiro atoms. The Kier molecular flexibility index (Phi) is 3.06. The van der Waals surface area contributed by atoms with Crippen LogP contribution in [0.3, 0.4) is 0 Å². The van der Waals surface area contributed by atoms with E-state index < -0.39 is 35.3 Å². The Morgan fingerprint density at radius 1 is 1.47 bits per heavy atom. The number of aromatic amines is 1. The fourth-order valence-electron chi connectivity index (χ4n) is 0.932. The molecule has 0 fully saturated rings. The van der Waals surface area contributed by atoms with Crippen LogP contribution in [0.4, 0.5) is 0 Å². The van der Waals surface area contributed by atoms with Crippen LogP contribution in [-0.4, -0.2) is 33.6 Å². The first kappa shape index (κ1) is 10.8. The van der Waals surface area contributed by atoms with Gasteiger partial charge in [-0.15, -0.1) is 0 Å². The molecule has 7 nitrogen and oxygen atoms in total. The second kappa shape index (κ2) is 4.27. The first-order valence-corrected chi connectivity index (χ1v) is 3.93. The molecule has 7 heteroatoms. The topological polar surface area (TPSA) is 119 Å². The van der Waals surface area contributed by atoms with Gasteiger partial charge in [-0.3, -0.25) is 14.4 Å². The first-order chi connectivity index (χ1) is 7.02. The van der Waals surface area contributed by atoms with E-state index in [0.717, 1.165) is 6.07 Å². The predicted octanol–water partition coefficient (Wildman–Crippen LogP) is -1.11. The van der Waals surface area contributed by atoms with Crippen LogP contribution in [0, 0.1) is 0 Å². The van der Waals surface area contributed by atoms with Gasteiger partial charge in [0.15, 0.2) is 0 Å². The molecular weight excluding hydrogens is 204 g/mol. The highest BCUT2D eigenvalue weighted by Crippen LogP contribution is 2.09. The standard InChI is InChI=1S/C8H8N2O5/c11-4-1-2-9-7(14)6(4)8(15)10-3-5(12)13/h1-2H,3H2,(H,10,15)(H,12,13)(H2,9,11,14). The van der Waals surface area contributed by atoms with Crippen LogP contribution in [0.5, 0.6) is 5.75 Å². The fraction of sp³-hybridized carbons (Fsp3) is 0.125. The number of H-pyrrole nitrogens is 1. The van der Waals surface area contributed by atoms with Gasteiger partial charge in [-0.05, 0) is 6.07 Å². The summed E-state index contributed by atoms with van der Waals surface area (Å²) in [5.41, 5.74) is -1.28. The maximum Gasteiger partial charge on any atom is 0.322 e. The molecule has 0 aliphatic heterocycles. The minimum absolute atomic E-state index is 0.498. The summed E-state index contributed by atoms with van der Waals surface area (Å²) in [7, 11) is 0. The number of aromatic nitrogens is 1. The lowest BCUT2D eigenvalue weighted by Crippen LogP contribution is -2.33. The molecule has 0 aliphatic carbocycles. The number of rotatable bonds is 3. The Balaban J connectivity index is 2.91. The monoisotopic (exact) mass is 212 g/mol. The summed E-state index contributed by atoms with van der Waals surface area (Å²) in [5, 5.41) is 19.4. The number of nitrogens with one attached hydrogen (secondary N) is 2. The van der Waals surface area contributed by atoms with Crippen molar-refractivity contribution < 1.29 is 19.8 Å². The summed E-state index contributed by atoms with van der Waals surface area (Å²) in [4.78, 5) is 34.7. The SMILES string of the molecule is O=C(O)CNC(=O)c1c(O)cc[nH]c1=O. The van der Waals surface area contributed by atoms with Crippen LogP contribution < -0.4 is 10.9 Å². The Hall–Kier alpha value is -2.31. The van der Waals surface area contributed by atoms with E-state index in [1.807, 2.05) is 5.32 Å². The number of carbonyl (C=O) groups is 2. The lowest BCUT2D eigenvalue weighted by molar-refractivity contribution is -0.135. The average Bonchev–Trinajstić information content (AvgIpc) is 2.14. The van der Waals surface area contributed by atoms with Crippen molar-refractivity contribution in [2.75, 3.05) is 6.54 Å². The highest BCUT2D eigenvalue weighted by Gasteiger charge is 2.15. The number of aliphatic carboxylic acids is 1. The molecule has 1 aromatic heterocycles. The molecule has 1 rings (SSSR count). The van der Waals surface area contributed by atoms with Gasteiger partial charge in [0.05, 0.1) is 0 Å². The van der Waals surface area contributed by atoms with Crippen LogP contribution in [0.1, 0.15) is 10.4 Å². The van der Waals surface area contributed by atoms with Crippen molar-refractivity contribution in [2.24, 2.45) is 0 Å². The Morgan fingerprint density at radius 2 is 2.13 bits per heavy atom. The Labute approximate surface area is 83.4 Å². The van der Waals surface area contributed by atoms with E-state index in [0.29, 0.717) is 0 Å². The number of aromatic hydroxyl groups is 1. The van der Waals surface area contributed by atoms with Crippen molar-refractivity contribution in [1.82, 2.24) is 10.3 Å². The maximum absolute atomic E-state index is 11.2. The maximum atomic E-state index is 11.2. The zero-order valence-electron chi connectivity index (χ0n) is 7.48. The molecule has 0 bridgehead atoms. The Bertz CT molecular complexity index is 451. The highest BCUT2D eigenvalue weighted by molar-refractivity contribution is 5.97. The predicted molar refractivity (Wildman–Crippen MR) is 48.7 cm³/mol. The first-order valence-electron chi connectivity index (χ1n) is 3.93. The summed E-state index contributed by atoms with van der Waals surface area (Å²) >= 11 is 0. The number of amides is 1. The lowest BCUT2D eigenvalue weighted by Gasteiger charge is -2.02. The molecule has 0 atom stereocenters. The zero-order valence-corrected chi connectivity index (χ0v) is 7.48. The summed E-state index contributed by atoms with van der Waals surface area (Å²) in [6, 6.07) is 1.12. The minimum Gasteiger partial charge on any atom is -0.507 e. The number of hydrogen-bond donors (Lipinski definition) is 4. The fourth-order valence-corrected chi connectivity index (χ4v) is 0.932. The van der Waals surface area contributed by atoms with Gasteiger partial charge in [-0.25, -0.2) is 0 Å². The zero-order chi connectivity index (χ0) is 11.4. The number of carbonyl (C=O) groups excluding carboxylic acids is 1. The van der Waals surface area contributed by atoms with Crippen LogP contribution in [0.2, 0.25) is 0 Å². The van der Waals surface area contributed by atoms with Gasteiger partial charge in [0, 0.05) is 6.20 Å². The molecular formula is C8H8N2O5. The third-order valence-electron chi connectivity index (χ3n) is 1.57. The van der Waals surface area contributed by atoms with Crippen LogP contribution >= 0.6 is 0 Å². The van der Waals surface area contributed by atoms with E-state index in [1.54, 1.807) is 0 Å². The number of carboxylic acid groups (broad SMARTS) is 1. The molecule has 1 aromatic rings.